The number of hydrogen-bond donors (Lipinski definition) is 0. The van der Waals surface area contributed by atoms with Gasteiger partial charge in [0.15, 0.2) is 0 Å². The second-order valence-corrected chi connectivity index (χ2v) is 9.79. The van der Waals surface area contributed by atoms with E-state index in [1.165, 1.54) is 0 Å². The Hall–Kier alpha value is -0.170. The van der Waals surface area contributed by atoms with Crippen LogP contribution in [0.5, 0.6) is 11.5 Å². The number of halogens is 2. The van der Waals surface area contributed by atoms with Gasteiger partial charge in [-0.1, -0.05) is 41.5 Å². The fraction of sp³-hybridized carbons (Fsp3) is 0.600. The van der Waals surface area contributed by atoms with Gasteiger partial charge in [0.2, 0.25) is 0 Å². The van der Waals surface area contributed by atoms with E-state index in [2.05, 4.69) is 41.5 Å². The molecule has 1 aromatic rings. The molecule has 0 saturated carbocycles. The molecule has 0 aliphatic carbocycles. The molecule has 5 heteroatoms. The van der Waals surface area contributed by atoms with Crippen molar-refractivity contribution in [1.29, 1.82) is 0 Å². The van der Waals surface area contributed by atoms with Crippen LogP contribution in [0, 0.1) is 0 Å². The van der Waals surface area contributed by atoms with E-state index in [1.54, 1.807) is 7.11 Å². The largest absolute Gasteiger partial charge is 0.497 e. The molecule has 20 heavy (non-hydrogen) atoms. The van der Waals surface area contributed by atoms with Gasteiger partial charge in [-0.2, -0.15) is 0 Å². The summed E-state index contributed by atoms with van der Waals surface area (Å²) in [7, 11) is 1.67. The standard InChI is InChI=1S/C15H23Cl2O2P/c1-14(2,3)11-8-10(18-7)9-12(15(4,5)6)13(11)19-20(16)17/h8-9H,1-7H3. The summed E-state index contributed by atoms with van der Waals surface area (Å²) in [4.78, 5) is 0. The molecule has 1 aromatic carbocycles. The molecule has 0 spiro atoms. The van der Waals surface area contributed by atoms with Crippen LogP contribution in [0.2, 0.25) is 0 Å². The monoisotopic (exact) mass is 336 g/mol. The van der Waals surface area contributed by atoms with E-state index in [9.17, 15) is 0 Å². The predicted molar refractivity (Wildman–Crippen MR) is 89.6 cm³/mol. The maximum atomic E-state index is 5.91. The SMILES string of the molecule is COc1cc(C(C)(C)C)c(OP(Cl)Cl)c(C(C)(C)C)c1. The number of ether oxygens (including phenoxy) is 1. The lowest BCUT2D eigenvalue weighted by Crippen LogP contribution is -2.18. The van der Waals surface area contributed by atoms with Gasteiger partial charge in [-0.3, -0.25) is 0 Å². The molecule has 0 unspecified atom stereocenters. The van der Waals surface area contributed by atoms with Gasteiger partial charge in [0, 0.05) is 11.1 Å². The maximum Gasteiger partial charge on any atom is 0.284 e. The number of benzene rings is 1. The molecular weight excluding hydrogens is 314 g/mol. The molecule has 0 aliphatic rings. The molecule has 114 valence electrons. The Morgan fingerprint density at radius 2 is 1.30 bits per heavy atom. The maximum absolute atomic E-state index is 5.91. The minimum absolute atomic E-state index is 0.0943. The lowest BCUT2D eigenvalue weighted by Gasteiger charge is -2.30. The Bertz CT molecular complexity index is 439. The van der Waals surface area contributed by atoms with Gasteiger partial charge in [0.25, 0.3) is 6.85 Å². The minimum Gasteiger partial charge on any atom is -0.497 e. The summed E-state index contributed by atoms with van der Waals surface area (Å²) < 4.78 is 11.2. The Kier molecular flexibility index (Phi) is 5.63. The second kappa shape index (κ2) is 6.30. The predicted octanol–water partition coefficient (Wildman–Crippen LogP) is 6.37. The lowest BCUT2D eigenvalue weighted by molar-refractivity contribution is 0.407. The zero-order valence-corrected chi connectivity index (χ0v) is 15.6. The summed E-state index contributed by atoms with van der Waals surface area (Å²) >= 11 is 11.8. The molecule has 0 saturated heterocycles. The molecular formula is C15H23Cl2O2P. The first-order valence-electron chi connectivity index (χ1n) is 6.49. The highest BCUT2D eigenvalue weighted by atomic mass is 35.9. The highest BCUT2D eigenvalue weighted by Crippen LogP contribution is 2.53. The van der Waals surface area contributed by atoms with E-state index in [-0.39, 0.29) is 10.8 Å². The summed E-state index contributed by atoms with van der Waals surface area (Å²) in [5.74, 6) is 1.60. The van der Waals surface area contributed by atoms with Gasteiger partial charge in [0.1, 0.15) is 11.5 Å². The molecule has 1 rings (SSSR count). The van der Waals surface area contributed by atoms with Crippen molar-refractivity contribution < 1.29 is 9.26 Å². The van der Waals surface area contributed by atoms with E-state index < -0.39 is 6.85 Å². The Morgan fingerprint density at radius 3 is 1.55 bits per heavy atom. The van der Waals surface area contributed by atoms with E-state index in [1.807, 2.05) is 12.1 Å². The van der Waals surface area contributed by atoms with Crippen LogP contribution in [0.4, 0.5) is 0 Å². The third-order valence-corrected chi connectivity index (χ3v) is 3.81. The van der Waals surface area contributed by atoms with Gasteiger partial charge in [-0.05, 0) is 45.4 Å². The number of rotatable bonds is 3. The zero-order valence-electron chi connectivity index (χ0n) is 13.2. The lowest BCUT2D eigenvalue weighted by atomic mass is 9.79. The van der Waals surface area contributed by atoms with Crippen molar-refractivity contribution in [2.45, 2.75) is 52.4 Å². The average molecular weight is 337 g/mol. The molecule has 2 nitrogen and oxygen atoms in total. The molecule has 0 fully saturated rings. The van der Waals surface area contributed by atoms with Crippen LogP contribution in [0.3, 0.4) is 0 Å². The van der Waals surface area contributed by atoms with E-state index in [0.717, 1.165) is 22.6 Å². The van der Waals surface area contributed by atoms with Crippen molar-refractivity contribution in [2.75, 3.05) is 7.11 Å². The van der Waals surface area contributed by atoms with Crippen molar-refractivity contribution in [1.82, 2.24) is 0 Å². The van der Waals surface area contributed by atoms with Crippen LogP contribution < -0.4 is 9.26 Å². The smallest absolute Gasteiger partial charge is 0.284 e. The van der Waals surface area contributed by atoms with Crippen molar-refractivity contribution in [3.63, 3.8) is 0 Å². The first-order valence-corrected chi connectivity index (χ1v) is 9.56. The van der Waals surface area contributed by atoms with E-state index in [4.69, 9.17) is 31.7 Å². The third-order valence-electron chi connectivity index (χ3n) is 3.07. The van der Waals surface area contributed by atoms with E-state index >= 15 is 0 Å². The van der Waals surface area contributed by atoms with Gasteiger partial charge >= 0.3 is 0 Å². The van der Waals surface area contributed by atoms with Gasteiger partial charge in [0.05, 0.1) is 7.11 Å². The van der Waals surface area contributed by atoms with Crippen LogP contribution in [-0.2, 0) is 10.8 Å². The Balaban J connectivity index is 3.63. The number of methoxy groups -OCH3 is 1. The highest BCUT2D eigenvalue weighted by Gasteiger charge is 2.29. The van der Waals surface area contributed by atoms with Crippen LogP contribution in [0.15, 0.2) is 12.1 Å². The summed E-state index contributed by atoms with van der Waals surface area (Å²) in [6, 6.07) is 3.99. The van der Waals surface area contributed by atoms with Crippen LogP contribution in [0.25, 0.3) is 0 Å². The van der Waals surface area contributed by atoms with Crippen LogP contribution >= 0.6 is 29.3 Å². The van der Waals surface area contributed by atoms with Gasteiger partial charge in [-0.25, -0.2) is 0 Å². The van der Waals surface area contributed by atoms with Gasteiger partial charge < -0.3 is 9.26 Å². The topological polar surface area (TPSA) is 18.5 Å². The summed E-state index contributed by atoms with van der Waals surface area (Å²) in [6.45, 7) is 11.3. The zero-order chi connectivity index (χ0) is 15.7. The first-order chi connectivity index (χ1) is 8.96. The van der Waals surface area contributed by atoms with E-state index in [0.29, 0.717) is 0 Å². The summed E-state index contributed by atoms with van der Waals surface area (Å²) in [6.07, 6.45) is 0. The molecule has 0 aliphatic heterocycles. The minimum atomic E-state index is -1.51. The number of hydrogen-bond acceptors (Lipinski definition) is 2. The molecule has 0 N–H and O–H groups in total. The fourth-order valence-corrected chi connectivity index (χ4v) is 2.75. The molecule has 0 heterocycles. The van der Waals surface area contributed by atoms with Crippen LogP contribution in [-0.4, -0.2) is 7.11 Å². The summed E-state index contributed by atoms with van der Waals surface area (Å²) in [5.41, 5.74) is 1.91. The summed E-state index contributed by atoms with van der Waals surface area (Å²) in [5, 5.41) is 0. The molecule has 0 atom stereocenters. The molecule has 0 bridgehead atoms. The molecule has 0 aromatic heterocycles. The molecule has 0 radical (unpaired) electrons. The normalized spacial score (nSPS) is 12.7. The fourth-order valence-electron chi connectivity index (χ4n) is 2.00. The van der Waals surface area contributed by atoms with Crippen molar-refractivity contribution in [2.24, 2.45) is 0 Å². The highest BCUT2D eigenvalue weighted by molar-refractivity contribution is 8.00. The van der Waals surface area contributed by atoms with Crippen molar-refractivity contribution in [3.05, 3.63) is 23.3 Å². The average Bonchev–Trinajstić information content (AvgIpc) is 2.25. The molecule has 0 amide bonds. The second-order valence-electron chi connectivity index (χ2n) is 6.84. The first kappa shape index (κ1) is 17.9. The Morgan fingerprint density at radius 1 is 0.900 bits per heavy atom. The van der Waals surface area contributed by atoms with Crippen molar-refractivity contribution in [3.8, 4) is 11.5 Å². The Labute approximate surface area is 133 Å². The van der Waals surface area contributed by atoms with Crippen LogP contribution in [0.1, 0.15) is 52.7 Å². The third kappa shape index (κ3) is 4.41. The van der Waals surface area contributed by atoms with Gasteiger partial charge in [-0.15, -0.1) is 0 Å². The quantitative estimate of drug-likeness (QED) is 0.596. The van der Waals surface area contributed by atoms with Crippen molar-refractivity contribution >= 4 is 29.3 Å².